The molecule has 12 nitrogen and oxygen atoms in total. The van der Waals surface area contributed by atoms with Crippen LogP contribution in [-0.2, 0) is 34.7 Å². The molecule has 0 aliphatic carbocycles. The summed E-state index contributed by atoms with van der Waals surface area (Å²) in [5.41, 5.74) is -2.29. The molecule has 0 fully saturated rings. The van der Waals surface area contributed by atoms with Gasteiger partial charge in [-0.05, 0) is 25.5 Å². The first-order valence-corrected chi connectivity index (χ1v) is 10.5. The molecule has 0 amide bonds. The maximum Gasteiger partial charge on any atom is 0.416 e. The summed E-state index contributed by atoms with van der Waals surface area (Å²) in [5.74, 6) is -3.70. The van der Waals surface area contributed by atoms with Gasteiger partial charge in [-0.2, -0.15) is 13.2 Å². The van der Waals surface area contributed by atoms with Crippen LogP contribution in [0.3, 0.4) is 0 Å². The molecule has 2 heterocycles. The lowest BCUT2D eigenvalue weighted by Crippen LogP contribution is -2.28. The Morgan fingerprint density at radius 3 is 2.22 bits per heavy atom. The Bertz CT molecular complexity index is 1230. The van der Waals surface area contributed by atoms with Crippen LogP contribution in [0.15, 0.2) is 30.7 Å². The van der Waals surface area contributed by atoms with Crippen LogP contribution in [-0.4, -0.2) is 41.0 Å². The van der Waals surface area contributed by atoms with Crippen molar-refractivity contribution in [3.63, 3.8) is 0 Å². The van der Waals surface area contributed by atoms with Crippen molar-refractivity contribution in [3.05, 3.63) is 69.0 Å². The molecule has 1 atom stereocenters. The number of nitro groups is 1. The number of ether oxygens (including phenoxy) is 4. The number of carbonyl (C=O) groups is 2. The molecule has 1 aromatic heterocycles. The molecule has 3 rings (SSSR count). The molecule has 15 heteroatoms. The zero-order chi connectivity index (χ0) is 27.5. The lowest BCUT2D eigenvalue weighted by Gasteiger charge is -2.24. The molecule has 1 aromatic carbocycles. The van der Waals surface area contributed by atoms with Crippen LogP contribution in [0.1, 0.15) is 53.4 Å². The van der Waals surface area contributed by atoms with Gasteiger partial charge in [0.05, 0.1) is 42.0 Å². The van der Waals surface area contributed by atoms with Crippen LogP contribution in [0, 0.1) is 17.0 Å². The fourth-order valence-electron chi connectivity index (χ4n) is 3.54. The van der Waals surface area contributed by atoms with Crippen molar-refractivity contribution in [2.75, 3.05) is 19.5 Å². The second-order valence-corrected chi connectivity index (χ2v) is 7.71. The summed E-state index contributed by atoms with van der Waals surface area (Å²) in [6.45, 7) is 2.88. The first kappa shape index (κ1) is 27.2. The lowest BCUT2D eigenvalue weighted by atomic mass is 9.98. The SMILES string of the molecule is COC(=O)C(C(=O)OC)c1nc(C)nc(N[C@H](C)c2cc([N+](=O)[O-])cc(C(F)(F)F)c2)c1C1OC=CO1. The highest BCUT2D eigenvalue weighted by molar-refractivity contribution is 6.00. The highest BCUT2D eigenvalue weighted by Crippen LogP contribution is 2.38. The Labute approximate surface area is 207 Å². The number of benzene rings is 1. The normalized spacial score (nSPS) is 14.1. The largest absolute Gasteiger partial charge is 0.468 e. The molecule has 0 saturated heterocycles. The number of aromatic nitrogens is 2. The zero-order valence-corrected chi connectivity index (χ0v) is 19.9. The van der Waals surface area contributed by atoms with E-state index in [0.29, 0.717) is 6.07 Å². The van der Waals surface area contributed by atoms with Crippen molar-refractivity contribution < 1.29 is 46.6 Å². The van der Waals surface area contributed by atoms with E-state index in [9.17, 15) is 32.9 Å². The third-order valence-electron chi connectivity index (χ3n) is 5.26. The number of nitrogens with zero attached hydrogens (tertiary/aromatic N) is 3. The minimum Gasteiger partial charge on any atom is -0.468 e. The molecule has 0 saturated carbocycles. The third kappa shape index (κ3) is 5.87. The predicted molar refractivity (Wildman–Crippen MR) is 118 cm³/mol. The van der Waals surface area contributed by atoms with Gasteiger partial charge in [0.15, 0.2) is 5.92 Å². The Kier molecular flexibility index (Phi) is 7.84. The molecular weight excluding hydrogens is 505 g/mol. The number of carbonyl (C=O) groups excluding carboxylic acids is 2. The van der Waals surface area contributed by atoms with Crippen LogP contribution in [0.25, 0.3) is 0 Å². The molecule has 0 spiro atoms. The second-order valence-electron chi connectivity index (χ2n) is 7.71. The summed E-state index contributed by atoms with van der Waals surface area (Å²) < 4.78 is 60.4. The van der Waals surface area contributed by atoms with Crippen molar-refractivity contribution in [3.8, 4) is 0 Å². The molecule has 0 unspecified atom stereocenters. The van der Waals surface area contributed by atoms with Gasteiger partial charge in [-0.3, -0.25) is 19.7 Å². The summed E-state index contributed by atoms with van der Waals surface area (Å²) in [6.07, 6.45) is -3.72. The number of anilines is 1. The van der Waals surface area contributed by atoms with Gasteiger partial charge >= 0.3 is 18.1 Å². The Balaban J connectivity index is 2.16. The average molecular weight is 526 g/mol. The molecule has 1 aliphatic rings. The summed E-state index contributed by atoms with van der Waals surface area (Å²) >= 11 is 0. The first-order chi connectivity index (χ1) is 17.4. The molecule has 37 heavy (non-hydrogen) atoms. The van der Waals surface area contributed by atoms with E-state index in [-0.39, 0.29) is 28.5 Å². The van der Waals surface area contributed by atoms with Gasteiger partial charge in [0.1, 0.15) is 24.2 Å². The van der Waals surface area contributed by atoms with Crippen LogP contribution in [0.2, 0.25) is 0 Å². The fraction of sp³-hybridized carbons (Fsp3) is 0.364. The predicted octanol–water partition coefficient (Wildman–Crippen LogP) is 3.83. The van der Waals surface area contributed by atoms with Gasteiger partial charge in [0.2, 0.25) is 0 Å². The van der Waals surface area contributed by atoms with Crippen LogP contribution < -0.4 is 5.32 Å². The van der Waals surface area contributed by atoms with Crippen molar-refractivity contribution in [1.29, 1.82) is 0 Å². The number of alkyl halides is 3. The van der Waals surface area contributed by atoms with E-state index >= 15 is 0 Å². The number of nitrogens with one attached hydrogen (secondary N) is 1. The highest BCUT2D eigenvalue weighted by atomic mass is 19.4. The van der Waals surface area contributed by atoms with E-state index in [0.717, 1.165) is 26.4 Å². The minimum atomic E-state index is -4.84. The smallest absolute Gasteiger partial charge is 0.416 e. The van der Waals surface area contributed by atoms with Gasteiger partial charge in [-0.1, -0.05) is 0 Å². The summed E-state index contributed by atoms with van der Waals surface area (Å²) in [4.78, 5) is 43.8. The van der Waals surface area contributed by atoms with E-state index in [4.69, 9.17) is 18.9 Å². The zero-order valence-electron chi connectivity index (χ0n) is 19.9. The summed E-state index contributed by atoms with van der Waals surface area (Å²) in [7, 11) is 2.11. The summed E-state index contributed by atoms with van der Waals surface area (Å²) in [5, 5.41) is 14.1. The fourth-order valence-corrected chi connectivity index (χ4v) is 3.54. The number of methoxy groups -OCH3 is 2. The molecule has 1 N–H and O–H groups in total. The molecule has 0 bridgehead atoms. The Morgan fingerprint density at radius 2 is 1.70 bits per heavy atom. The first-order valence-electron chi connectivity index (χ1n) is 10.5. The van der Waals surface area contributed by atoms with E-state index in [1.165, 1.54) is 26.4 Å². The Hall–Kier alpha value is -4.43. The number of hydrogen-bond acceptors (Lipinski definition) is 11. The standard InChI is InChI=1S/C22H21F3N4O8/c1-10(12-7-13(22(23,24)25)9-14(8-12)29(32)33)26-18-15(21-36-5-6-37-21)17(27-11(2)28-18)16(19(30)34-3)20(31)35-4/h5-10,16,21H,1-4H3,(H,26,27,28)/t10-/m1/s1. The maximum absolute atomic E-state index is 13.4. The number of halogens is 3. The van der Waals surface area contributed by atoms with Gasteiger partial charge in [-0.15, -0.1) is 0 Å². The number of nitro benzene ring substituents is 1. The van der Waals surface area contributed by atoms with Crippen LogP contribution in [0.4, 0.5) is 24.7 Å². The van der Waals surface area contributed by atoms with E-state index < -0.39 is 52.5 Å². The van der Waals surface area contributed by atoms with E-state index in [1.54, 1.807) is 0 Å². The number of aryl methyl sites for hydroxylation is 1. The quantitative estimate of drug-likeness (QED) is 0.231. The minimum absolute atomic E-state index is 0.0373. The third-order valence-corrected chi connectivity index (χ3v) is 5.26. The molecule has 1 aliphatic heterocycles. The molecule has 0 radical (unpaired) electrons. The van der Waals surface area contributed by atoms with E-state index in [1.807, 2.05) is 0 Å². The lowest BCUT2D eigenvalue weighted by molar-refractivity contribution is -0.385. The number of non-ortho nitro benzene ring substituents is 1. The van der Waals surface area contributed by atoms with Gasteiger partial charge < -0.3 is 24.3 Å². The topological polar surface area (TPSA) is 152 Å². The Morgan fingerprint density at radius 1 is 1.11 bits per heavy atom. The monoisotopic (exact) mass is 526 g/mol. The second kappa shape index (κ2) is 10.7. The highest BCUT2D eigenvalue weighted by Gasteiger charge is 2.40. The molecular formula is C22H21F3N4O8. The van der Waals surface area contributed by atoms with Crippen molar-refractivity contribution in [2.45, 2.75) is 38.3 Å². The average Bonchev–Trinajstić information content (AvgIpc) is 3.37. The van der Waals surface area contributed by atoms with Crippen molar-refractivity contribution in [2.24, 2.45) is 0 Å². The van der Waals surface area contributed by atoms with Crippen LogP contribution in [0.5, 0.6) is 0 Å². The van der Waals surface area contributed by atoms with Crippen LogP contribution >= 0.6 is 0 Å². The van der Waals surface area contributed by atoms with Crippen molar-refractivity contribution in [1.82, 2.24) is 9.97 Å². The molecule has 2 aromatic rings. The number of rotatable bonds is 8. The summed E-state index contributed by atoms with van der Waals surface area (Å²) in [6, 6.07) is 1.18. The number of esters is 2. The van der Waals surface area contributed by atoms with Gasteiger partial charge in [0, 0.05) is 12.1 Å². The number of hydrogen-bond donors (Lipinski definition) is 1. The van der Waals surface area contributed by atoms with Gasteiger partial charge in [-0.25, -0.2) is 9.97 Å². The molecule has 198 valence electrons. The van der Waals surface area contributed by atoms with Gasteiger partial charge in [0.25, 0.3) is 12.0 Å². The van der Waals surface area contributed by atoms with E-state index in [2.05, 4.69) is 15.3 Å². The maximum atomic E-state index is 13.4. The van der Waals surface area contributed by atoms with Crippen molar-refractivity contribution >= 4 is 23.4 Å².